The van der Waals surface area contributed by atoms with Crippen LogP contribution in [0.2, 0.25) is 0 Å². The minimum Gasteiger partial charge on any atom is -0.317 e. The average molecular weight is 283 g/mol. The van der Waals surface area contributed by atoms with E-state index < -0.39 is 23.2 Å². The van der Waals surface area contributed by atoms with Crippen molar-refractivity contribution in [3.05, 3.63) is 77.9 Å². The predicted octanol–water partition coefficient (Wildman–Crippen LogP) is 4.37. The number of carbonyl (C=O) groups is 1. The molecule has 2 nitrogen and oxygen atoms in total. The quantitative estimate of drug-likeness (QED) is 0.743. The van der Waals surface area contributed by atoms with Crippen LogP contribution in [-0.2, 0) is 0 Å². The molecule has 0 fully saturated rings. The third-order valence-electron chi connectivity index (χ3n) is 3.24. The Labute approximate surface area is 120 Å². The van der Waals surface area contributed by atoms with E-state index in [-0.39, 0.29) is 0 Å². The van der Waals surface area contributed by atoms with Crippen molar-refractivity contribution in [2.45, 2.75) is 0 Å². The molecule has 3 rings (SSSR count). The van der Waals surface area contributed by atoms with E-state index in [0.29, 0.717) is 5.56 Å². The number of amides is 1. The number of fused-ring (bicyclic) bond motifs is 1. The summed E-state index contributed by atoms with van der Waals surface area (Å²) in [6.07, 6.45) is 0. The molecule has 3 aromatic carbocycles. The van der Waals surface area contributed by atoms with Crippen molar-refractivity contribution in [3.8, 4) is 0 Å². The van der Waals surface area contributed by atoms with Gasteiger partial charge in [0.25, 0.3) is 5.91 Å². The average Bonchev–Trinajstić information content (AvgIpc) is 2.50. The van der Waals surface area contributed by atoms with Crippen LogP contribution < -0.4 is 5.32 Å². The normalized spacial score (nSPS) is 10.6. The SMILES string of the molecule is O=C(Nc1c(F)cccc1F)c1cccc2ccccc12. The molecule has 0 atom stereocenters. The molecule has 104 valence electrons. The molecule has 0 bridgehead atoms. The maximum absolute atomic E-state index is 13.6. The highest BCUT2D eigenvalue weighted by Crippen LogP contribution is 2.22. The lowest BCUT2D eigenvalue weighted by Gasteiger charge is -2.09. The molecule has 3 aromatic rings. The molecule has 0 saturated carbocycles. The molecule has 1 amide bonds. The molecular weight excluding hydrogens is 272 g/mol. The Morgan fingerprint density at radius 3 is 2.19 bits per heavy atom. The van der Waals surface area contributed by atoms with E-state index in [1.807, 2.05) is 24.3 Å². The predicted molar refractivity (Wildman–Crippen MR) is 78.3 cm³/mol. The van der Waals surface area contributed by atoms with Gasteiger partial charge in [0.15, 0.2) is 0 Å². The second-order valence-electron chi connectivity index (χ2n) is 4.58. The van der Waals surface area contributed by atoms with E-state index in [9.17, 15) is 13.6 Å². The summed E-state index contributed by atoms with van der Waals surface area (Å²) < 4.78 is 27.2. The molecule has 0 aliphatic heterocycles. The highest BCUT2D eigenvalue weighted by atomic mass is 19.1. The molecule has 0 radical (unpaired) electrons. The number of rotatable bonds is 2. The topological polar surface area (TPSA) is 29.1 Å². The molecule has 0 aliphatic rings. The summed E-state index contributed by atoms with van der Waals surface area (Å²) in [5, 5.41) is 3.92. The van der Waals surface area contributed by atoms with Crippen LogP contribution in [-0.4, -0.2) is 5.91 Å². The van der Waals surface area contributed by atoms with Gasteiger partial charge in [0.05, 0.1) is 0 Å². The standard InChI is InChI=1S/C17H11F2NO/c18-14-9-4-10-15(19)16(14)20-17(21)13-8-3-6-11-5-1-2-7-12(11)13/h1-10H,(H,20,21). The van der Waals surface area contributed by atoms with E-state index in [1.165, 1.54) is 6.07 Å². The van der Waals surface area contributed by atoms with Gasteiger partial charge >= 0.3 is 0 Å². The number of nitrogens with one attached hydrogen (secondary N) is 1. The maximum Gasteiger partial charge on any atom is 0.256 e. The lowest BCUT2D eigenvalue weighted by atomic mass is 10.0. The van der Waals surface area contributed by atoms with Gasteiger partial charge in [-0.2, -0.15) is 0 Å². The fraction of sp³-hybridized carbons (Fsp3) is 0. The van der Waals surface area contributed by atoms with E-state index >= 15 is 0 Å². The van der Waals surface area contributed by atoms with Gasteiger partial charge in [0.2, 0.25) is 0 Å². The third kappa shape index (κ3) is 2.48. The van der Waals surface area contributed by atoms with Gasteiger partial charge in [-0.15, -0.1) is 0 Å². The summed E-state index contributed by atoms with van der Waals surface area (Å²) in [5.41, 5.74) is -0.0637. The van der Waals surface area contributed by atoms with Crippen LogP contribution in [0.3, 0.4) is 0 Å². The van der Waals surface area contributed by atoms with E-state index in [1.54, 1.807) is 18.2 Å². The fourth-order valence-electron chi connectivity index (χ4n) is 2.22. The van der Waals surface area contributed by atoms with Crippen molar-refractivity contribution in [1.29, 1.82) is 0 Å². The Morgan fingerprint density at radius 1 is 0.810 bits per heavy atom. The Balaban J connectivity index is 2.02. The lowest BCUT2D eigenvalue weighted by Crippen LogP contribution is -2.14. The third-order valence-corrected chi connectivity index (χ3v) is 3.24. The molecule has 4 heteroatoms. The summed E-state index contributed by atoms with van der Waals surface area (Å²) in [4.78, 5) is 12.3. The van der Waals surface area contributed by atoms with Crippen LogP contribution in [0.4, 0.5) is 14.5 Å². The van der Waals surface area contributed by atoms with Crippen LogP contribution in [0.5, 0.6) is 0 Å². The highest BCUT2D eigenvalue weighted by molar-refractivity contribution is 6.12. The Morgan fingerprint density at radius 2 is 1.43 bits per heavy atom. The Hall–Kier alpha value is -2.75. The number of halogens is 2. The van der Waals surface area contributed by atoms with Gasteiger partial charge in [0.1, 0.15) is 17.3 Å². The molecule has 0 unspecified atom stereocenters. The van der Waals surface area contributed by atoms with Gasteiger partial charge < -0.3 is 5.32 Å². The molecule has 1 N–H and O–H groups in total. The first-order valence-corrected chi connectivity index (χ1v) is 6.40. The van der Waals surface area contributed by atoms with Crippen LogP contribution >= 0.6 is 0 Å². The summed E-state index contributed by atoms with van der Waals surface area (Å²) >= 11 is 0. The first-order chi connectivity index (χ1) is 10.2. The zero-order chi connectivity index (χ0) is 14.8. The lowest BCUT2D eigenvalue weighted by molar-refractivity contribution is 0.102. The van der Waals surface area contributed by atoms with Crippen LogP contribution in [0.1, 0.15) is 10.4 Å². The number of anilines is 1. The van der Waals surface area contributed by atoms with Gasteiger partial charge in [-0.3, -0.25) is 4.79 Å². The fourth-order valence-corrected chi connectivity index (χ4v) is 2.22. The summed E-state index contributed by atoms with van der Waals surface area (Å²) in [6.45, 7) is 0. The molecule has 0 aromatic heterocycles. The van der Waals surface area contributed by atoms with Crippen molar-refractivity contribution < 1.29 is 13.6 Å². The monoisotopic (exact) mass is 283 g/mol. The van der Waals surface area contributed by atoms with Crippen molar-refractivity contribution in [3.63, 3.8) is 0 Å². The number of benzene rings is 3. The Bertz CT molecular complexity index is 804. The van der Waals surface area contributed by atoms with Crippen LogP contribution in [0.25, 0.3) is 10.8 Å². The van der Waals surface area contributed by atoms with Crippen LogP contribution in [0, 0.1) is 11.6 Å². The largest absolute Gasteiger partial charge is 0.317 e. The second-order valence-corrected chi connectivity index (χ2v) is 4.58. The Kier molecular flexibility index (Phi) is 3.36. The molecule has 0 spiro atoms. The van der Waals surface area contributed by atoms with Crippen molar-refractivity contribution in [2.75, 3.05) is 5.32 Å². The number of para-hydroxylation sites is 1. The summed E-state index contributed by atoms with van der Waals surface area (Å²) in [7, 11) is 0. The minimum absolute atomic E-state index is 0.371. The van der Waals surface area contributed by atoms with Crippen molar-refractivity contribution in [1.82, 2.24) is 0 Å². The zero-order valence-electron chi connectivity index (χ0n) is 10.9. The van der Waals surface area contributed by atoms with E-state index in [0.717, 1.165) is 22.9 Å². The number of hydrogen-bond acceptors (Lipinski definition) is 1. The number of hydrogen-bond donors (Lipinski definition) is 1. The van der Waals surface area contributed by atoms with Gasteiger partial charge in [-0.1, -0.05) is 42.5 Å². The smallest absolute Gasteiger partial charge is 0.256 e. The first kappa shape index (κ1) is 13.2. The maximum atomic E-state index is 13.6. The summed E-state index contributed by atoms with van der Waals surface area (Å²) in [5.74, 6) is -2.15. The van der Waals surface area contributed by atoms with Crippen molar-refractivity contribution in [2.24, 2.45) is 0 Å². The molecule has 0 aliphatic carbocycles. The zero-order valence-corrected chi connectivity index (χ0v) is 10.9. The van der Waals surface area contributed by atoms with E-state index in [2.05, 4.69) is 5.32 Å². The van der Waals surface area contributed by atoms with Gasteiger partial charge in [-0.25, -0.2) is 8.78 Å². The van der Waals surface area contributed by atoms with Crippen molar-refractivity contribution >= 4 is 22.4 Å². The minimum atomic E-state index is -0.802. The molecule has 0 saturated heterocycles. The molecular formula is C17H11F2NO. The summed E-state index contributed by atoms with van der Waals surface area (Å²) in [6, 6.07) is 16.0. The molecule has 0 heterocycles. The second kappa shape index (κ2) is 5.32. The number of carbonyl (C=O) groups excluding carboxylic acids is 1. The van der Waals surface area contributed by atoms with E-state index in [4.69, 9.17) is 0 Å². The van der Waals surface area contributed by atoms with Crippen LogP contribution in [0.15, 0.2) is 60.7 Å². The van der Waals surface area contributed by atoms with Gasteiger partial charge in [-0.05, 0) is 29.0 Å². The first-order valence-electron chi connectivity index (χ1n) is 6.40. The van der Waals surface area contributed by atoms with Gasteiger partial charge in [0, 0.05) is 5.56 Å². The molecule has 21 heavy (non-hydrogen) atoms. The highest BCUT2D eigenvalue weighted by Gasteiger charge is 2.15.